The lowest BCUT2D eigenvalue weighted by Gasteiger charge is -2.49. The van der Waals surface area contributed by atoms with Gasteiger partial charge in [-0.25, -0.2) is 0 Å². The predicted molar refractivity (Wildman–Crippen MR) is 126 cm³/mol. The molecule has 5 rings (SSSR count). The number of hydrogen-bond acceptors (Lipinski definition) is 5. The number of piperazine rings is 1. The molecule has 0 unspecified atom stereocenters. The molecule has 0 spiro atoms. The molecule has 32 heavy (non-hydrogen) atoms. The highest BCUT2D eigenvalue weighted by Crippen LogP contribution is 2.38. The van der Waals surface area contributed by atoms with Crippen molar-refractivity contribution in [3.8, 4) is 5.75 Å². The molecule has 0 aliphatic carbocycles. The van der Waals surface area contributed by atoms with E-state index in [4.69, 9.17) is 4.74 Å². The number of carbonyl (C=O) groups is 1. The van der Waals surface area contributed by atoms with Gasteiger partial charge < -0.3 is 19.9 Å². The SMILES string of the molecule is COc1ccc2c(c1)N1CCN(c3ccccc3)C[C@H]1[C@@H](C(=O)NCc1cccnc1)C2. The van der Waals surface area contributed by atoms with E-state index in [0.29, 0.717) is 6.54 Å². The number of para-hydroxylation sites is 1. The minimum Gasteiger partial charge on any atom is -0.497 e. The fourth-order valence-electron chi connectivity index (χ4n) is 4.90. The first-order chi connectivity index (χ1) is 15.7. The van der Waals surface area contributed by atoms with E-state index in [0.717, 1.165) is 37.4 Å². The van der Waals surface area contributed by atoms with E-state index in [1.807, 2.05) is 24.3 Å². The van der Waals surface area contributed by atoms with Gasteiger partial charge in [0.2, 0.25) is 5.91 Å². The van der Waals surface area contributed by atoms with Gasteiger partial charge in [0.25, 0.3) is 0 Å². The summed E-state index contributed by atoms with van der Waals surface area (Å²) >= 11 is 0. The Balaban J connectivity index is 1.42. The lowest BCUT2D eigenvalue weighted by atomic mass is 9.83. The highest BCUT2D eigenvalue weighted by Gasteiger charge is 2.41. The van der Waals surface area contributed by atoms with Crippen molar-refractivity contribution in [1.29, 1.82) is 0 Å². The van der Waals surface area contributed by atoms with Crippen molar-refractivity contribution in [3.05, 3.63) is 84.2 Å². The molecule has 1 amide bonds. The van der Waals surface area contributed by atoms with E-state index in [-0.39, 0.29) is 17.9 Å². The van der Waals surface area contributed by atoms with E-state index < -0.39 is 0 Å². The topological polar surface area (TPSA) is 57.7 Å². The quantitative estimate of drug-likeness (QED) is 0.676. The number of ether oxygens (including phenoxy) is 1. The number of nitrogens with zero attached hydrogens (tertiary/aromatic N) is 3. The van der Waals surface area contributed by atoms with Crippen molar-refractivity contribution in [3.63, 3.8) is 0 Å². The monoisotopic (exact) mass is 428 g/mol. The molecular formula is C26H28N4O2. The summed E-state index contributed by atoms with van der Waals surface area (Å²) in [4.78, 5) is 22.4. The van der Waals surface area contributed by atoms with Gasteiger partial charge in [0.05, 0.1) is 19.1 Å². The van der Waals surface area contributed by atoms with Crippen molar-refractivity contribution in [1.82, 2.24) is 10.3 Å². The fourth-order valence-corrected chi connectivity index (χ4v) is 4.90. The van der Waals surface area contributed by atoms with Gasteiger partial charge in [0, 0.05) is 56.0 Å². The third kappa shape index (κ3) is 4.00. The van der Waals surface area contributed by atoms with Crippen LogP contribution in [0.2, 0.25) is 0 Å². The molecule has 6 heteroatoms. The molecule has 1 fully saturated rings. The Kier molecular flexibility index (Phi) is 5.67. The molecule has 1 saturated heterocycles. The molecule has 164 valence electrons. The molecule has 0 saturated carbocycles. The third-order valence-corrected chi connectivity index (χ3v) is 6.57. The fraction of sp³-hybridized carbons (Fsp3) is 0.308. The van der Waals surface area contributed by atoms with E-state index in [1.165, 1.54) is 16.9 Å². The average molecular weight is 429 g/mol. The highest BCUT2D eigenvalue weighted by atomic mass is 16.5. The van der Waals surface area contributed by atoms with Crippen LogP contribution in [0.25, 0.3) is 0 Å². The van der Waals surface area contributed by atoms with Crippen molar-refractivity contribution >= 4 is 17.3 Å². The molecular weight excluding hydrogens is 400 g/mol. The number of aromatic nitrogens is 1. The van der Waals surface area contributed by atoms with Gasteiger partial charge in [-0.1, -0.05) is 30.3 Å². The number of carbonyl (C=O) groups excluding carboxylic acids is 1. The molecule has 6 nitrogen and oxygen atoms in total. The van der Waals surface area contributed by atoms with E-state index >= 15 is 0 Å². The van der Waals surface area contributed by atoms with E-state index in [1.54, 1.807) is 19.5 Å². The van der Waals surface area contributed by atoms with Crippen molar-refractivity contribution < 1.29 is 9.53 Å². The number of methoxy groups -OCH3 is 1. The van der Waals surface area contributed by atoms with Crippen LogP contribution in [0.3, 0.4) is 0 Å². The zero-order valence-corrected chi connectivity index (χ0v) is 18.3. The first-order valence-corrected chi connectivity index (χ1v) is 11.1. The minimum atomic E-state index is -0.126. The summed E-state index contributed by atoms with van der Waals surface area (Å²) < 4.78 is 5.49. The van der Waals surface area contributed by atoms with Gasteiger partial charge in [0.1, 0.15) is 5.75 Å². The number of fused-ring (bicyclic) bond motifs is 3. The molecule has 2 aromatic carbocycles. The molecule has 0 radical (unpaired) electrons. The Morgan fingerprint density at radius 2 is 2.00 bits per heavy atom. The summed E-state index contributed by atoms with van der Waals surface area (Å²) in [5.74, 6) is 0.826. The van der Waals surface area contributed by atoms with Crippen molar-refractivity contribution in [2.24, 2.45) is 5.92 Å². The summed E-state index contributed by atoms with van der Waals surface area (Å²) in [6.07, 6.45) is 4.27. The summed E-state index contributed by atoms with van der Waals surface area (Å²) in [6.45, 7) is 3.09. The van der Waals surface area contributed by atoms with Gasteiger partial charge in [-0.2, -0.15) is 0 Å². The number of anilines is 2. The second-order valence-electron chi connectivity index (χ2n) is 8.43. The zero-order chi connectivity index (χ0) is 21.9. The Hall–Kier alpha value is -3.54. The number of hydrogen-bond donors (Lipinski definition) is 1. The number of benzene rings is 2. The van der Waals surface area contributed by atoms with Crippen LogP contribution in [0.5, 0.6) is 5.75 Å². The molecule has 3 heterocycles. The Morgan fingerprint density at radius 1 is 1.12 bits per heavy atom. The lowest BCUT2D eigenvalue weighted by molar-refractivity contribution is -0.126. The van der Waals surface area contributed by atoms with Crippen molar-refractivity contribution in [2.45, 2.75) is 19.0 Å². The van der Waals surface area contributed by atoms with Gasteiger partial charge in [-0.05, 0) is 41.8 Å². The number of amides is 1. The molecule has 1 aromatic heterocycles. The molecule has 3 aromatic rings. The lowest BCUT2D eigenvalue weighted by Crippen LogP contribution is -2.61. The number of pyridine rings is 1. The second-order valence-corrected chi connectivity index (χ2v) is 8.43. The second kappa shape index (κ2) is 8.91. The zero-order valence-electron chi connectivity index (χ0n) is 18.3. The summed E-state index contributed by atoms with van der Waals surface area (Å²) in [6, 6.07) is 20.7. The smallest absolute Gasteiger partial charge is 0.225 e. The highest BCUT2D eigenvalue weighted by molar-refractivity contribution is 5.82. The van der Waals surface area contributed by atoms with E-state index in [2.05, 4.69) is 56.5 Å². The molecule has 0 bridgehead atoms. The van der Waals surface area contributed by atoms with Crippen LogP contribution in [0, 0.1) is 5.92 Å². The van der Waals surface area contributed by atoms with Gasteiger partial charge >= 0.3 is 0 Å². The maximum atomic E-state index is 13.4. The molecule has 2 atom stereocenters. The van der Waals surface area contributed by atoms with E-state index in [9.17, 15) is 4.79 Å². The summed E-state index contributed by atoms with van der Waals surface area (Å²) in [7, 11) is 1.70. The standard InChI is InChI=1S/C26H28N4O2/c1-32-22-10-9-20-14-23(26(31)28-17-19-6-5-11-27-16-19)25-18-29(21-7-3-2-4-8-21)12-13-30(25)24(20)15-22/h2-11,15-16,23,25H,12-14,17-18H2,1H3,(H,28,31)/t23-,25-/m0/s1. The summed E-state index contributed by atoms with van der Waals surface area (Å²) in [5, 5.41) is 3.16. The van der Waals surface area contributed by atoms with Gasteiger partial charge in [0.15, 0.2) is 0 Å². The first-order valence-electron chi connectivity index (χ1n) is 11.1. The maximum absolute atomic E-state index is 13.4. The minimum absolute atomic E-state index is 0.0949. The van der Waals surface area contributed by atoms with Crippen LogP contribution < -0.4 is 19.9 Å². The van der Waals surface area contributed by atoms with Gasteiger partial charge in [-0.15, -0.1) is 0 Å². The summed E-state index contributed by atoms with van der Waals surface area (Å²) in [5.41, 5.74) is 4.61. The van der Waals surface area contributed by atoms with Crippen LogP contribution in [0.1, 0.15) is 11.1 Å². The molecule has 1 N–H and O–H groups in total. The normalized spacial score (nSPS) is 19.7. The third-order valence-electron chi connectivity index (χ3n) is 6.57. The number of nitrogens with one attached hydrogen (secondary N) is 1. The predicted octanol–water partition coefficient (Wildman–Crippen LogP) is 3.27. The molecule has 2 aliphatic rings. The average Bonchev–Trinajstić information content (AvgIpc) is 2.87. The van der Waals surface area contributed by atoms with Crippen molar-refractivity contribution in [2.75, 3.05) is 36.5 Å². The molecule has 2 aliphatic heterocycles. The Bertz CT molecular complexity index is 1070. The van der Waals surface area contributed by atoms with Gasteiger partial charge in [-0.3, -0.25) is 9.78 Å². The van der Waals surface area contributed by atoms with Crippen LogP contribution >= 0.6 is 0 Å². The maximum Gasteiger partial charge on any atom is 0.225 e. The van der Waals surface area contributed by atoms with Crippen LogP contribution in [0.15, 0.2) is 73.1 Å². The van der Waals surface area contributed by atoms with Crippen LogP contribution in [-0.2, 0) is 17.8 Å². The van der Waals surface area contributed by atoms with Crippen LogP contribution in [-0.4, -0.2) is 43.7 Å². The Labute approximate surface area is 188 Å². The first kappa shape index (κ1) is 20.4. The Morgan fingerprint density at radius 3 is 2.78 bits per heavy atom. The van der Waals surface area contributed by atoms with Crippen LogP contribution in [0.4, 0.5) is 11.4 Å². The number of rotatable bonds is 5. The largest absolute Gasteiger partial charge is 0.497 e.